The van der Waals surface area contributed by atoms with Crippen molar-refractivity contribution in [2.24, 2.45) is 11.8 Å². The molecule has 1 heterocycles. The first-order valence-corrected chi connectivity index (χ1v) is 9.38. The maximum absolute atomic E-state index is 3.60. The molecule has 1 saturated carbocycles. The van der Waals surface area contributed by atoms with Crippen LogP contribution in [0.1, 0.15) is 51.0 Å². The second-order valence-corrected chi connectivity index (χ2v) is 7.36. The summed E-state index contributed by atoms with van der Waals surface area (Å²) >= 11 is 1.92. The van der Waals surface area contributed by atoms with Crippen LogP contribution in [-0.4, -0.2) is 13.1 Å². The fourth-order valence-electron chi connectivity index (χ4n) is 3.95. The van der Waals surface area contributed by atoms with E-state index in [2.05, 4.69) is 48.8 Å². The van der Waals surface area contributed by atoms with Crippen molar-refractivity contribution in [1.82, 2.24) is 5.32 Å². The van der Waals surface area contributed by atoms with Gasteiger partial charge in [-0.15, -0.1) is 11.3 Å². The van der Waals surface area contributed by atoms with Crippen LogP contribution < -0.4 is 5.32 Å². The Morgan fingerprint density at radius 2 is 2.10 bits per heavy atom. The smallest absolute Gasteiger partial charge is 0.0377 e. The molecule has 1 aliphatic carbocycles. The van der Waals surface area contributed by atoms with Crippen LogP contribution in [0.25, 0.3) is 10.1 Å². The van der Waals surface area contributed by atoms with Crippen molar-refractivity contribution in [3.63, 3.8) is 0 Å². The van der Waals surface area contributed by atoms with Crippen molar-refractivity contribution in [1.29, 1.82) is 0 Å². The second-order valence-electron chi connectivity index (χ2n) is 6.45. The Morgan fingerprint density at radius 3 is 2.90 bits per heavy atom. The first-order valence-electron chi connectivity index (χ1n) is 8.50. The number of nitrogens with one attached hydrogen (secondary N) is 1. The normalized spacial score (nSPS) is 26.3. The third-order valence-corrected chi connectivity index (χ3v) is 6.22. The van der Waals surface area contributed by atoms with Gasteiger partial charge in [0, 0.05) is 4.70 Å². The minimum atomic E-state index is 0.741. The van der Waals surface area contributed by atoms with Gasteiger partial charge in [-0.25, -0.2) is 0 Å². The molecule has 1 fully saturated rings. The van der Waals surface area contributed by atoms with E-state index in [1.807, 2.05) is 11.3 Å². The zero-order chi connectivity index (χ0) is 14.7. The molecule has 1 N–H and O–H groups in total. The molecule has 1 aromatic heterocycles. The van der Waals surface area contributed by atoms with Crippen molar-refractivity contribution < 1.29 is 0 Å². The molecular weight excluding hydrogens is 274 g/mol. The minimum Gasteiger partial charge on any atom is -0.317 e. The van der Waals surface area contributed by atoms with Gasteiger partial charge >= 0.3 is 0 Å². The summed E-state index contributed by atoms with van der Waals surface area (Å²) in [5.74, 6) is 2.47. The molecule has 2 heteroatoms. The number of rotatable bonds is 5. The SMILES string of the molecule is CCNCC1CCC(CC)CC1c1cccc2ccsc12. The summed E-state index contributed by atoms with van der Waals surface area (Å²) in [4.78, 5) is 0. The van der Waals surface area contributed by atoms with Gasteiger partial charge in [0.1, 0.15) is 0 Å². The topological polar surface area (TPSA) is 12.0 Å². The van der Waals surface area contributed by atoms with Crippen LogP contribution in [0.2, 0.25) is 0 Å². The summed E-state index contributed by atoms with van der Waals surface area (Å²) in [6, 6.07) is 9.17. The fraction of sp³-hybridized carbons (Fsp3) is 0.579. The molecule has 114 valence electrons. The van der Waals surface area contributed by atoms with Crippen LogP contribution in [0.15, 0.2) is 29.6 Å². The van der Waals surface area contributed by atoms with Crippen LogP contribution in [0.5, 0.6) is 0 Å². The van der Waals surface area contributed by atoms with E-state index in [0.29, 0.717) is 0 Å². The molecule has 0 aliphatic heterocycles. The monoisotopic (exact) mass is 301 g/mol. The predicted octanol–water partition coefficient (Wildman–Crippen LogP) is 5.42. The van der Waals surface area contributed by atoms with E-state index in [-0.39, 0.29) is 0 Å². The van der Waals surface area contributed by atoms with E-state index in [1.165, 1.54) is 42.3 Å². The average Bonchev–Trinajstić information content (AvgIpc) is 3.01. The lowest BCUT2D eigenvalue weighted by molar-refractivity contribution is 0.227. The largest absolute Gasteiger partial charge is 0.317 e. The molecule has 3 atom stereocenters. The molecule has 0 spiro atoms. The van der Waals surface area contributed by atoms with Crippen molar-refractivity contribution in [3.05, 3.63) is 35.2 Å². The Bertz CT molecular complexity index is 574. The standard InChI is InChI=1S/C19H27NS/c1-3-14-8-9-16(13-20-4-2)18(12-14)17-7-5-6-15-10-11-21-19(15)17/h5-7,10-11,14,16,18,20H,3-4,8-9,12-13H2,1-2H3. The van der Waals surface area contributed by atoms with E-state index in [1.54, 1.807) is 5.56 Å². The second kappa shape index (κ2) is 6.93. The summed E-state index contributed by atoms with van der Waals surface area (Å²) in [5.41, 5.74) is 1.61. The van der Waals surface area contributed by atoms with Crippen LogP contribution in [0.4, 0.5) is 0 Å². The van der Waals surface area contributed by atoms with Crippen LogP contribution in [0, 0.1) is 11.8 Å². The molecule has 0 radical (unpaired) electrons. The number of hydrogen-bond acceptors (Lipinski definition) is 2. The quantitative estimate of drug-likeness (QED) is 0.777. The van der Waals surface area contributed by atoms with Crippen molar-refractivity contribution in [2.45, 2.75) is 45.4 Å². The lowest BCUT2D eigenvalue weighted by Crippen LogP contribution is -2.32. The highest BCUT2D eigenvalue weighted by molar-refractivity contribution is 7.17. The molecule has 1 nitrogen and oxygen atoms in total. The molecule has 1 aromatic carbocycles. The summed E-state index contributed by atoms with van der Waals surface area (Å²) in [6.45, 7) is 6.84. The molecule has 0 bridgehead atoms. The van der Waals surface area contributed by atoms with Crippen LogP contribution in [-0.2, 0) is 0 Å². The van der Waals surface area contributed by atoms with Gasteiger partial charge in [0.25, 0.3) is 0 Å². The van der Waals surface area contributed by atoms with E-state index in [9.17, 15) is 0 Å². The number of hydrogen-bond donors (Lipinski definition) is 1. The number of benzene rings is 1. The zero-order valence-electron chi connectivity index (χ0n) is 13.3. The maximum atomic E-state index is 3.60. The lowest BCUT2D eigenvalue weighted by Gasteiger charge is -2.36. The Hall–Kier alpha value is -0.860. The predicted molar refractivity (Wildman–Crippen MR) is 94.2 cm³/mol. The summed E-state index contributed by atoms with van der Waals surface area (Å²) in [5, 5.41) is 7.27. The maximum Gasteiger partial charge on any atom is 0.0377 e. The first kappa shape index (κ1) is 15.1. The molecule has 2 aromatic rings. The van der Waals surface area contributed by atoms with E-state index >= 15 is 0 Å². The van der Waals surface area contributed by atoms with Gasteiger partial charge in [0.15, 0.2) is 0 Å². The van der Waals surface area contributed by atoms with Gasteiger partial charge in [-0.1, -0.05) is 44.9 Å². The third kappa shape index (κ3) is 3.17. The van der Waals surface area contributed by atoms with Crippen LogP contribution in [0.3, 0.4) is 0 Å². The van der Waals surface area contributed by atoms with E-state index < -0.39 is 0 Å². The molecule has 3 unspecified atom stereocenters. The lowest BCUT2D eigenvalue weighted by atomic mass is 9.70. The van der Waals surface area contributed by atoms with Gasteiger partial charge in [-0.2, -0.15) is 0 Å². The Labute approximate surface area is 132 Å². The van der Waals surface area contributed by atoms with Gasteiger partial charge in [0.2, 0.25) is 0 Å². The van der Waals surface area contributed by atoms with E-state index in [4.69, 9.17) is 0 Å². The van der Waals surface area contributed by atoms with Gasteiger partial charge < -0.3 is 5.32 Å². The van der Waals surface area contributed by atoms with Gasteiger partial charge in [-0.3, -0.25) is 0 Å². The van der Waals surface area contributed by atoms with Crippen LogP contribution >= 0.6 is 11.3 Å². The summed E-state index contributed by atoms with van der Waals surface area (Å²) in [7, 11) is 0. The number of thiophene rings is 1. The third-order valence-electron chi connectivity index (χ3n) is 5.24. The molecule has 0 saturated heterocycles. The minimum absolute atomic E-state index is 0.741. The molecule has 0 amide bonds. The Morgan fingerprint density at radius 1 is 1.19 bits per heavy atom. The van der Waals surface area contributed by atoms with Gasteiger partial charge in [-0.05, 0) is 66.1 Å². The fourth-order valence-corrected chi connectivity index (χ4v) is 4.93. The number of fused-ring (bicyclic) bond motifs is 1. The van der Waals surface area contributed by atoms with Crippen molar-refractivity contribution in [2.75, 3.05) is 13.1 Å². The molecule has 1 aliphatic rings. The Kier molecular flexibility index (Phi) is 4.97. The molecular formula is C19H27NS. The summed E-state index contributed by atoms with van der Waals surface area (Å²) in [6.07, 6.45) is 5.52. The zero-order valence-corrected chi connectivity index (χ0v) is 14.1. The van der Waals surface area contributed by atoms with Crippen molar-refractivity contribution in [3.8, 4) is 0 Å². The highest BCUT2D eigenvalue weighted by atomic mass is 32.1. The highest BCUT2D eigenvalue weighted by Crippen LogP contribution is 2.44. The molecule has 21 heavy (non-hydrogen) atoms. The van der Waals surface area contributed by atoms with Crippen molar-refractivity contribution >= 4 is 21.4 Å². The first-order chi connectivity index (χ1) is 10.3. The summed E-state index contributed by atoms with van der Waals surface area (Å²) < 4.78 is 1.53. The van der Waals surface area contributed by atoms with E-state index in [0.717, 1.165) is 24.3 Å². The Balaban J connectivity index is 1.92. The highest BCUT2D eigenvalue weighted by Gasteiger charge is 2.31. The molecule has 3 rings (SSSR count). The van der Waals surface area contributed by atoms with Gasteiger partial charge in [0.05, 0.1) is 0 Å². The average molecular weight is 301 g/mol.